The highest BCUT2D eigenvalue weighted by Crippen LogP contribution is 2.26. The van der Waals surface area contributed by atoms with E-state index in [1.54, 1.807) is 0 Å². The summed E-state index contributed by atoms with van der Waals surface area (Å²) in [7, 11) is 2.02. The summed E-state index contributed by atoms with van der Waals surface area (Å²) in [5.74, 6) is 0.898. The molecule has 3 heteroatoms. The van der Waals surface area contributed by atoms with E-state index in [-0.39, 0.29) is 0 Å². The van der Waals surface area contributed by atoms with Gasteiger partial charge in [0.1, 0.15) is 0 Å². The van der Waals surface area contributed by atoms with Crippen molar-refractivity contribution in [1.82, 2.24) is 15.1 Å². The molecule has 1 aliphatic rings. The van der Waals surface area contributed by atoms with Crippen molar-refractivity contribution in [3.8, 4) is 0 Å². The predicted molar refractivity (Wildman–Crippen MR) is 71.0 cm³/mol. The summed E-state index contributed by atoms with van der Waals surface area (Å²) in [5.41, 5.74) is 1.32. The van der Waals surface area contributed by atoms with Crippen LogP contribution in [0.15, 0.2) is 12.3 Å². The van der Waals surface area contributed by atoms with Gasteiger partial charge in [-0.3, -0.25) is 4.68 Å². The third-order valence-electron chi connectivity index (χ3n) is 4.14. The Morgan fingerprint density at radius 1 is 1.41 bits per heavy atom. The lowest BCUT2D eigenvalue weighted by molar-refractivity contribution is 0.256. The second-order valence-electron chi connectivity index (χ2n) is 5.21. The smallest absolute Gasteiger partial charge is 0.0492 e. The van der Waals surface area contributed by atoms with Crippen LogP contribution in [-0.2, 0) is 13.5 Å². The van der Waals surface area contributed by atoms with E-state index < -0.39 is 0 Å². The maximum Gasteiger partial charge on any atom is 0.0492 e. The average molecular weight is 235 g/mol. The molecule has 0 amide bonds. The molecule has 0 saturated heterocycles. The number of hydrogen-bond donors (Lipinski definition) is 1. The molecule has 1 heterocycles. The highest BCUT2D eigenvalue weighted by Gasteiger charge is 2.22. The van der Waals surface area contributed by atoms with Gasteiger partial charge in [0.25, 0.3) is 0 Å². The number of nitrogens with one attached hydrogen (secondary N) is 1. The monoisotopic (exact) mass is 235 g/mol. The summed E-state index contributed by atoms with van der Waals surface area (Å²) in [6, 6.07) is 2.86. The topological polar surface area (TPSA) is 29.9 Å². The molecule has 1 fully saturated rings. The van der Waals surface area contributed by atoms with Gasteiger partial charge < -0.3 is 5.32 Å². The third kappa shape index (κ3) is 3.32. The minimum absolute atomic E-state index is 0.752. The summed E-state index contributed by atoms with van der Waals surface area (Å²) in [6.45, 7) is 3.41. The van der Waals surface area contributed by atoms with Crippen LogP contribution in [0.1, 0.15) is 44.7 Å². The van der Waals surface area contributed by atoms with Crippen molar-refractivity contribution in [3.05, 3.63) is 18.0 Å². The Morgan fingerprint density at radius 2 is 2.24 bits per heavy atom. The van der Waals surface area contributed by atoms with Crippen LogP contribution >= 0.6 is 0 Å². The van der Waals surface area contributed by atoms with Gasteiger partial charge in [0.05, 0.1) is 0 Å². The number of rotatable bonds is 5. The third-order valence-corrected chi connectivity index (χ3v) is 4.14. The molecule has 1 aromatic rings. The van der Waals surface area contributed by atoms with Crippen LogP contribution in [0, 0.1) is 5.92 Å². The molecule has 0 bridgehead atoms. The molecule has 0 radical (unpaired) electrons. The molecule has 1 aliphatic carbocycles. The van der Waals surface area contributed by atoms with Gasteiger partial charge in [-0.2, -0.15) is 5.10 Å². The van der Waals surface area contributed by atoms with Gasteiger partial charge in [0, 0.05) is 37.9 Å². The first-order valence-corrected chi connectivity index (χ1v) is 7.01. The van der Waals surface area contributed by atoms with E-state index in [2.05, 4.69) is 23.4 Å². The first kappa shape index (κ1) is 12.6. The fourth-order valence-corrected chi connectivity index (χ4v) is 3.00. The van der Waals surface area contributed by atoms with E-state index in [4.69, 9.17) is 0 Å². The summed E-state index contributed by atoms with van der Waals surface area (Å²) < 4.78 is 1.97. The summed E-state index contributed by atoms with van der Waals surface area (Å²) in [4.78, 5) is 0. The molecule has 2 unspecified atom stereocenters. The van der Waals surface area contributed by atoms with Crippen molar-refractivity contribution in [2.75, 3.05) is 6.54 Å². The lowest BCUT2D eigenvalue weighted by atomic mass is 9.83. The van der Waals surface area contributed by atoms with Gasteiger partial charge >= 0.3 is 0 Å². The molecule has 3 nitrogen and oxygen atoms in total. The second-order valence-corrected chi connectivity index (χ2v) is 5.21. The summed E-state index contributed by atoms with van der Waals surface area (Å²) in [6.07, 6.45) is 9.90. The van der Waals surface area contributed by atoms with Crippen molar-refractivity contribution in [2.45, 2.75) is 51.5 Å². The zero-order valence-electron chi connectivity index (χ0n) is 11.2. The highest BCUT2D eigenvalue weighted by atomic mass is 15.3. The van der Waals surface area contributed by atoms with Crippen LogP contribution in [0.25, 0.3) is 0 Å². The Morgan fingerprint density at radius 3 is 2.94 bits per heavy atom. The quantitative estimate of drug-likeness (QED) is 0.850. The summed E-state index contributed by atoms with van der Waals surface area (Å²) in [5, 5.41) is 7.95. The number of aryl methyl sites for hydroxylation is 1. The van der Waals surface area contributed by atoms with E-state index in [1.165, 1.54) is 37.8 Å². The average Bonchev–Trinajstić information content (AvgIpc) is 2.76. The molecule has 0 aromatic carbocycles. The zero-order chi connectivity index (χ0) is 12.1. The van der Waals surface area contributed by atoms with E-state index in [9.17, 15) is 0 Å². The van der Waals surface area contributed by atoms with Crippen LogP contribution in [-0.4, -0.2) is 22.4 Å². The Kier molecular flexibility index (Phi) is 4.60. The Labute approximate surface area is 105 Å². The van der Waals surface area contributed by atoms with Crippen molar-refractivity contribution < 1.29 is 0 Å². The number of nitrogens with zero attached hydrogens (tertiary/aromatic N) is 2. The summed E-state index contributed by atoms with van der Waals surface area (Å²) >= 11 is 0. The highest BCUT2D eigenvalue weighted by molar-refractivity contribution is 5.00. The van der Waals surface area contributed by atoms with Gasteiger partial charge in [-0.05, 0) is 24.8 Å². The number of aromatic nitrogens is 2. The van der Waals surface area contributed by atoms with Crippen molar-refractivity contribution in [2.24, 2.45) is 13.0 Å². The minimum Gasteiger partial charge on any atom is -0.313 e. The molecule has 2 atom stereocenters. The van der Waals surface area contributed by atoms with E-state index in [1.807, 2.05) is 17.9 Å². The van der Waals surface area contributed by atoms with Crippen LogP contribution < -0.4 is 5.32 Å². The molecule has 1 saturated carbocycles. The lowest BCUT2D eigenvalue weighted by Gasteiger charge is -2.31. The fraction of sp³-hybridized carbons (Fsp3) is 0.786. The van der Waals surface area contributed by atoms with Crippen LogP contribution in [0.4, 0.5) is 0 Å². The molecule has 0 aliphatic heterocycles. The van der Waals surface area contributed by atoms with Crippen LogP contribution in [0.3, 0.4) is 0 Å². The second kappa shape index (κ2) is 6.20. The van der Waals surface area contributed by atoms with Crippen molar-refractivity contribution in [1.29, 1.82) is 0 Å². The SMILES string of the molecule is CCC1CCCCC1NCCc1ccnn1C. The Balaban J connectivity index is 1.75. The first-order chi connectivity index (χ1) is 8.31. The van der Waals surface area contributed by atoms with Crippen molar-refractivity contribution in [3.63, 3.8) is 0 Å². The predicted octanol–water partition coefficient (Wildman–Crippen LogP) is 2.52. The molecular formula is C14H25N3. The van der Waals surface area contributed by atoms with Gasteiger partial charge in [-0.25, -0.2) is 0 Å². The fourth-order valence-electron chi connectivity index (χ4n) is 3.00. The number of hydrogen-bond acceptors (Lipinski definition) is 2. The first-order valence-electron chi connectivity index (χ1n) is 7.01. The minimum atomic E-state index is 0.752. The van der Waals surface area contributed by atoms with Crippen molar-refractivity contribution >= 4 is 0 Å². The van der Waals surface area contributed by atoms with E-state index in [0.717, 1.165) is 24.9 Å². The molecule has 96 valence electrons. The normalized spacial score (nSPS) is 25.1. The molecule has 0 spiro atoms. The van der Waals surface area contributed by atoms with E-state index in [0.29, 0.717) is 0 Å². The van der Waals surface area contributed by atoms with Crippen LogP contribution in [0.2, 0.25) is 0 Å². The maximum atomic E-state index is 4.20. The molecular weight excluding hydrogens is 210 g/mol. The standard InChI is InChI=1S/C14H25N3/c1-3-12-6-4-5-7-14(12)15-10-8-13-9-11-16-17(13)2/h9,11-12,14-15H,3-8,10H2,1-2H3. The zero-order valence-corrected chi connectivity index (χ0v) is 11.2. The van der Waals surface area contributed by atoms with Gasteiger partial charge in [0.15, 0.2) is 0 Å². The van der Waals surface area contributed by atoms with Gasteiger partial charge in [-0.15, -0.1) is 0 Å². The van der Waals surface area contributed by atoms with Crippen LogP contribution in [0.5, 0.6) is 0 Å². The lowest BCUT2D eigenvalue weighted by Crippen LogP contribution is -2.39. The molecule has 1 aromatic heterocycles. The van der Waals surface area contributed by atoms with Gasteiger partial charge in [0.2, 0.25) is 0 Å². The Bertz CT molecular complexity index is 332. The largest absolute Gasteiger partial charge is 0.313 e. The van der Waals surface area contributed by atoms with Gasteiger partial charge in [-0.1, -0.05) is 26.2 Å². The Hall–Kier alpha value is -0.830. The maximum absolute atomic E-state index is 4.20. The van der Waals surface area contributed by atoms with E-state index >= 15 is 0 Å². The molecule has 1 N–H and O–H groups in total. The molecule has 17 heavy (non-hydrogen) atoms. The molecule has 2 rings (SSSR count).